The van der Waals surface area contributed by atoms with Crippen molar-refractivity contribution in [2.75, 3.05) is 11.4 Å². The van der Waals surface area contributed by atoms with Crippen LogP contribution in [0, 0.1) is 0 Å². The fourth-order valence-corrected chi connectivity index (χ4v) is 9.04. The minimum absolute atomic E-state index is 0.100. The molecule has 0 saturated carbocycles. The molecule has 9 rings (SSSR count). The Bertz CT molecular complexity index is 2470. The topological polar surface area (TPSA) is 3.24 Å². The van der Waals surface area contributed by atoms with Crippen molar-refractivity contribution in [2.45, 2.75) is 64.2 Å². The predicted molar refractivity (Wildman–Crippen MR) is 217 cm³/mol. The first-order valence-corrected chi connectivity index (χ1v) is 18.8. The minimum atomic E-state index is 0.100. The number of hydrogen-bond donors (Lipinski definition) is 0. The summed E-state index contributed by atoms with van der Waals surface area (Å²) in [6.07, 6.45) is 9.19. The molecule has 0 spiro atoms. The summed E-state index contributed by atoms with van der Waals surface area (Å²) in [4.78, 5) is 2.56. The quantitative estimate of drug-likeness (QED) is 0.105. The van der Waals surface area contributed by atoms with Crippen LogP contribution in [0.15, 0.2) is 140 Å². The third-order valence-corrected chi connectivity index (χ3v) is 11.7. The van der Waals surface area contributed by atoms with Crippen LogP contribution in [0.3, 0.4) is 0 Å². The van der Waals surface area contributed by atoms with Crippen LogP contribution < -0.4 is 4.90 Å². The standard InChI is InChI=1S/C49H45N/c1-3-4-5-6-7-13-31-49(2)33-50(38-17-9-8-10-18-38)46-30-25-37(32-45(46)49)40-26-21-35-24-29-44-42(27-22-36-23-28-43(40)47(35)48(36)44)41-20-14-16-34-15-11-12-19-39(34)41/h8-12,14-30,32H,3-7,13,31,33H2,1-2H3. The molecule has 8 aromatic carbocycles. The summed E-state index contributed by atoms with van der Waals surface area (Å²) >= 11 is 0. The molecule has 8 aromatic rings. The van der Waals surface area contributed by atoms with Crippen molar-refractivity contribution in [2.24, 2.45) is 0 Å². The molecule has 0 bridgehead atoms. The van der Waals surface area contributed by atoms with E-state index in [1.807, 2.05) is 0 Å². The zero-order valence-corrected chi connectivity index (χ0v) is 29.4. The molecule has 0 amide bonds. The number of para-hydroxylation sites is 1. The van der Waals surface area contributed by atoms with Crippen LogP contribution in [-0.4, -0.2) is 6.54 Å². The number of benzene rings is 8. The average Bonchev–Trinajstić information content (AvgIpc) is 3.46. The van der Waals surface area contributed by atoms with Gasteiger partial charge in [0.1, 0.15) is 0 Å². The summed E-state index contributed by atoms with van der Waals surface area (Å²) in [6, 6.07) is 52.5. The fraction of sp³-hybridized carbons (Fsp3) is 0.224. The second-order valence-corrected chi connectivity index (χ2v) is 14.9. The van der Waals surface area contributed by atoms with Gasteiger partial charge in [-0.15, -0.1) is 0 Å². The van der Waals surface area contributed by atoms with Gasteiger partial charge in [-0.25, -0.2) is 0 Å². The Hall–Kier alpha value is -5.14. The Morgan fingerprint density at radius 3 is 1.96 bits per heavy atom. The van der Waals surface area contributed by atoms with Gasteiger partial charge in [-0.1, -0.05) is 168 Å². The minimum Gasteiger partial charge on any atom is -0.340 e. The molecular weight excluding hydrogens is 603 g/mol. The smallest absolute Gasteiger partial charge is 0.0450 e. The van der Waals surface area contributed by atoms with Crippen LogP contribution in [0.25, 0.3) is 65.3 Å². The highest BCUT2D eigenvalue weighted by Crippen LogP contribution is 2.50. The van der Waals surface area contributed by atoms with Gasteiger partial charge in [0.25, 0.3) is 0 Å². The van der Waals surface area contributed by atoms with E-state index in [9.17, 15) is 0 Å². The Kier molecular flexibility index (Phi) is 7.80. The van der Waals surface area contributed by atoms with Gasteiger partial charge >= 0.3 is 0 Å². The zero-order valence-electron chi connectivity index (χ0n) is 29.4. The summed E-state index contributed by atoms with van der Waals surface area (Å²) in [5, 5.41) is 10.6. The van der Waals surface area contributed by atoms with Crippen molar-refractivity contribution in [3.8, 4) is 22.3 Å². The van der Waals surface area contributed by atoms with Crippen LogP contribution in [0.5, 0.6) is 0 Å². The number of nitrogens with zero attached hydrogens (tertiary/aromatic N) is 1. The molecule has 1 aliphatic heterocycles. The molecule has 246 valence electrons. The first-order valence-electron chi connectivity index (χ1n) is 18.8. The molecule has 1 atom stereocenters. The van der Waals surface area contributed by atoms with Gasteiger partial charge in [0.05, 0.1) is 0 Å². The monoisotopic (exact) mass is 647 g/mol. The second kappa shape index (κ2) is 12.6. The lowest BCUT2D eigenvalue weighted by atomic mass is 9.78. The van der Waals surface area contributed by atoms with E-state index < -0.39 is 0 Å². The highest BCUT2D eigenvalue weighted by molar-refractivity contribution is 6.28. The molecule has 0 aliphatic carbocycles. The van der Waals surface area contributed by atoms with Crippen LogP contribution in [0.4, 0.5) is 11.4 Å². The summed E-state index contributed by atoms with van der Waals surface area (Å²) in [7, 11) is 0. The number of fused-ring (bicyclic) bond motifs is 2. The van der Waals surface area contributed by atoms with Gasteiger partial charge in [0, 0.05) is 23.3 Å². The molecule has 0 N–H and O–H groups in total. The van der Waals surface area contributed by atoms with Crippen molar-refractivity contribution in [3.05, 3.63) is 145 Å². The third-order valence-electron chi connectivity index (χ3n) is 11.7. The van der Waals surface area contributed by atoms with Gasteiger partial charge in [-0.05, 0) is 102 Å². The van der Waals surface area contributed by atoms with Gasteiger partial charge in [-0.2, -0.15) is 0 Å². The molecule has 1 unspecified atom stereocenters. The van der Waals surface area contributed by atoms with Crippen LogP contribution in [-0.2, 0) is 5.41 Å². The average molecular weight is 648 g/mol. The van der Waals surface area contributed by atoms with Gasteiger partial charge in [-0.3, -0.25) is 0 Å². The maximum atomic E-state index is 2.56. The molecule has 1 heterocycles. The van der Waals surface area contributed by atoms with E-state index in [1.54, 1.807) is 0 Å². The molecule has 0 radical (unpaired) electrons. The summed E-state index contributed by atoms with van der Waals surface area (Å²) < 4.78 is 0. The van der Waals surface area contributed by atoms with Gasteiger partial charge in [0.15, 0.2) is 0 Å². The van der Waals surface area contributed by atoms with Crippen molar-refractivity contribution in [1.82, 2.24) is 0 Å². The fourth-order valence-electron chi connectivity index (χ4n) is 9.04. The number of rotatable bonds is 10. The van der Waals surface area contributed by atoms with E-state index in [-0.39, 0.29) is 5.41 Å². The summed E-state index contributed by atoms with van der Waals surface area (Å²) in [5.41, 5.74) is 9.50. The predicted octanol–water partition coefficient (Wildman–Crippen LogP) is 14.2. The van der Waals surface area contributed by atoms with E-state index in [1.165, 1.54) is 127 Å². The Morgan fingerprint density at radius 1 is 0.520 bits per heavy atom. The maximum Gasteiger partial charge on any atom is 0.0450 e. The highest BCUT2D eigenvalue weighted by Gasteiger charge is 2.39. The zero-order chi connectivity index (χ0) is 33.7. The molecular formula is C49H45N. The van der Waals surface area contributed by atoms with Crippen molar-refractivity contribution >= 4 is 54.5 Å². The second-order valence-electron chi connectivity index (χ2n) is 14.9. The lowest BCUT2D eigenvalue weighted by molar-refractivity contribution is 0.434. The van der Waals surface area contributed by atoms with E-state index in [4.69, 9.17) is 0 Å². The van der Waals surface area contributed by atoms with E-state index in [0.717, 1.165) is 6.54 Å². The van der Waals surface area contributed by atoms with E-state index in [2.05, 4.69) is 158 Å². The molecule has 1 aliphatic rings. The van der Waals surface area contributed by atoms with E-state index in [0.29, 0.717) is 0 Å². The Balaban J connectivity index is 1.17. The molecule has 0 aromatic heterocycles. The number of unbranched alkanes of at least 4 members (excludes halogenated alkanes) is 5. The van der Waals surface area contributed by atoms with Crippen molar-refractivity contribution in [1.29, 1.82) is 0 Å². The van der Waals surface area contributed by atoms with Crippen LogP contribution in [0.2, 0.25) is 0 Å². The SMILES string of the molecule is CCCCCCCCC1(C)CN(c2ccccc2)c2ccc(-c3ccc4ccc5c(-c6cccc7ccccc67)ccc6ccc3c4c65)cc21. The first kappa shape index (κ1) is 30.9. The van der Waals surface area contributed by atoms with E-state index >= 15 is 0 Å². The highest BCUT2D eigenvalue weighted by atomic mass is 15.2. The Labute approximate surface area is 296 Å². The largest absolute Gasteiger partial charge is 0.340 e. The number of hydrogen-bond acceptors (Lipinski definition) is 1. The van der Waals surface area contributed by atoms with Crippen LogP contribution >= 0.6 is 0 Å². The maximum absolute atomic E-state index is 2.56. The summed E-state index contributed by atoms with van der Waals surface area (Å²) in [6.45, 7) is 5.85. The van der Waals surface area contributed by atoms with Crippen molar-refractivity contribution < 1.29 is 0 Å². The molecule has 50 heavy (non-hydrogen) atoms. The van der Waals surface area contributed by atoms with Gasteiger partial charge in [0.2, 0.25) is 0 Å². The third kappa shape index (κ3) is 5.14. The van der Waals surface area contributed by atoms with Gasteiger partial charge < -0.3 is 4.90 Å². The molecule has 0 saturated heterocycles. The lowest BCUT2D eigenvalue weighted by Gasteiger charge is -2.27. The molecule has 1 heteroatoms. The summed E-state index contributed by atoms with van der Waals surface area (Å²) in [5.74, 6) is 0. The first-order chi connectivity index (χ1) is 24.6. The number of anilines is 2. The van der Waals surface area contributed by atoms with Crippen LogP contribution in [0.1, 0.15) is 64.4 Å². The van der Waals surface area contributed by atoms with Crippen molar-refractivity contribution in [3.63, 3.8) is 0 Å². The molecule has 1 nitrogen and oxygen atoms in total. The molecule has 0 fully saturated rings. The Morgan fingerprint density at radius 2 is 1.16 bits per heavy atom. The normalized spacial score (nSPS) is 15.9. The lowest BCUT2D eigenvalue weighted by Crippen LogP contribution is -2.28.